The maximum atomic E-state index is 13.1. The van der Waals surface area contributed by atoms with E-state index in [1.165, 1.54) is 0 Å². The van der Waals surface area contributed by atoms with Gasteiger partial charge in [0.15, 0.2) is 0 Å². The summed E-state index contributed by atoms with van der Waals surface area (Å²) in [7, 11) is 0. The Morgan fingerprint density at radius 3 is 2.62 bits per heavy atom. The minimum atomic E-state index is -0.110. The fourth-order valence-electron chi connectivity index (χ4n) is 3.72. The van der Waals surface area contributed by atoms with Gasteiger partial charge in [0.1, 0.15) is 5.69 Å². The van der Waals surface area contributed by atoms with Crippen LogP contribution in [0.15, 0.2) is 61.1 Å². The molecule has 4 rings (SSSR count). The molecule has 8 heteroatoms. The van der Waals surface area contributed by atoms with Gasteiger partial charge in [0.25, 0.3) is 5.91 Å². The summed E-state index contributed by atoms with van der Waals surface area (Å²) >= 11 is 0. The van der Waals surface area contributed by atoms with E-state index in [-0.39, 0.29) is 36.8 Å². The van der Waals surface area contributed by atoms with Gasteiger partial charge >= 0.3 is 0 Å². The normalized spacial score (nSPS) is 17.8. The van der Waals surface area contributed by atoms with Crippen LogP contribution in [-0.4, -0.2) is 33.3 Å². The molecular weight excluding hydrogens is 409 g/mol. The molecule has 2 aromatic heterocycles. The number of halogens is 2. The molecule has 2 heterocycles. The zero-order valence-corrected chi connectivity index (χ0v) is 17.5. The summed E-state index contributed by atoms with van der Waals surface area (Å²) in [6.45, 7) is 0.601. The lowest BCUT2D eigenvalue weighted by Crippen LogP contribution is -2.39. The quantitative estimate of drug-likeness (QED) is 0.642. The molecule has 1 fully saturated rings. The first-order valence-electron chi connectivity index (χ1n) is 9.32. The Hall–Kier alpha value is -2.41. The highest BCUT2D eigenvalue weighted by Gasteiger charge is 2.29. The maximum Gasteiger partial charge on any atom is 0.255 e. The molecular formula is C21H25Cl2N5O. The largest absolute Gasteiger partial charge is 0.349 e. The van der Waals surface area contributed by atoms with Crippen molar-refractivity contribution < 1.29 is 4.79 Å². The Bertz CT molecular complexity index is 917. The molecule has 1 amide bonds. The van der Waals surface area contributed by atoms with E-state index in [1.807, 2.05) is 42.5 Å². The molecule has 2 atom stereocenters. The molecule has 0 saturated heterocycles. The molecule has 0 spiro atoms. The van der Waals surface area contributed by atoms with Crippen molar-refractivity contribution in [3.05, 3.63) is 66.6 Å². The van der Waals surface area contributed by atoms with E-state index in [4.69, 9.17) is 5.73 Å². The summed E-state index contributed by atoms with van der Waals surface area (Å²) in [5, 5.41) is 7.86. The topological polar surface area (TPSA) is 85.8 Å². The molecule has 6 nitrogen and oxygen atoms in total. The fraction of sp³-hybridized carbons (Fsp3) is 0.286. The van der Waals surface area contributed by atoms with Crippen molar-refractivity contribution >= 4 is 30.7 Å². The summed E-state index contributed by atoms with van der Waals surface area (Å²) < 4.78 is 1.74. The predicted molar refractivity (Wildman–Crippen MR) is 119 cm³/mol. The van der Waals surface area contributed by atoms with E-state index in [0.29, 0.717) is 23.7 Å². The van der Waals surface area contributed by atoms with E-state index in [2.05, 4.69) is 15.4 Å². The Labute approximate surface area is 182 Å². The number of rotatable bonds is 5. The molecule has 29 heavy (non-hydrogen) atoms. The molecule has 154 valence electrons. The number of nitrogens with two attached hydrogens (primary N) is 1. The van der Waals surface area contributed by atoms with Gasteiger partial charge in [-0.2, -0.15) is 5.10 Å². The third kappa shape index (κ3) is 4.96. The zero-order chi connectivity index (χ0) is 18.6. The summed E-state index contributed by atoms with van der Waals surface area (Å²) in [6, 6.07) is 13.7. The summed E-state index contributed by atoms with van der Waals surface area (Å²) in [5.41, 5.74) is 8.77. The van der Waals surface area contributed by atoms with Gasteiger partial charge in [-0.3, -0.25) is 9.78 Å². The van der Waals surface area contributed by atoms with E-state index >= 15 is 0 Å². The SMILES string of the molecule is Cl.Cl.NCC1CCCC1NC(=O)c1cn(-c2ccccc2)nc1-c1cccnc1. The third-order valence-electron chi connectivity index (χ3n) is 5.19. The van der Waals surface area contributed by atoms with Crippen LogP contribution in [0, 0.1) is 5.92 Å². The van der Waals surface area contributed by atoms with Gasteiger partial charge in [-0.15, -0.1) is 24.8 Å². The molecule has 1 aliphatic carbocycles. The van der Waals surface area contributed by atoms with Gasteiger partial charge in [0.2, 0.25) is 0 Å². The van der Waals surface area contributed by atoms with Crippen LogP contribution in [0.3, 0.4) is 0 Å². The first-order chi connectivity index (χ1) is 13.3. The number of para-hydroxylation sites is 1. The number of carbonyl (C=O) groups is 1. The highest BCUT2D eigenvalue weighted by molar-refractivity contribution is 6.00. The molecule has 0 bridgehead atoms. The number of hydrogen-bond donors (Lipinski definition) is 2. The highest BCUT2D eigenvalue weighted by Crippen LogP contribution is 2.27. The van der Waals surface area contributed by atoms with Gasteiger partial charge < -0.3 is 11.1 Å². The van der Waals surface area contributed by atoms with Gasteiger partial charge in [0.05, 0.1) is 11.3 Å². The standard InChI is InChI=1S/C21H23N5O.2ClH/c22-12-15-6-4-10-19(15)24-21(27)18-14-26(17-8-2-1-3-9-17)25-20(18)16-7-5-11-23-13-16;;/h1-3,5,7-9,11,13-15,19H,4,6,10,12,22H2,(H,24,27);2*1H. The molecule has 1 aliphatic rings. The van der Waals surface area contributed by atoms with Gasteiger partial charge in [-0.25, -0.2) is 4.68 Å². The molecule has 1 aromatic carbocycles. The van der Waals surface area contributed by atoms with Crippen molar-refractivity contribution in [1.82, 2.24) is 20.1 Å². The van der Waals surface area contributed by atoms with Crippen LogP contribution in [-0.2, 0) is 0 Å². The number of pyridine rings is 1. The van der Waals surface area contributed by atoms with Crippen molar-refractivity contribution in [2.45, 2.75) is 25.3 Å². The van der Waals surface area contributed by atoms with E-state index in [0.717, 1.165) is 30.5 Å². The molecule has 3 aromatic rings. The second kappa shape index (κ2) is 10.4. The smallest absolute Gasteiger partial charge is 0.255 e. The number of amides is 1. The molecule has 0 radical (unpaired) electrons. The zero-order valence-electron chi connectivity index (χ0n) is 15.9. The van der Waals surface area contributed by atoms with Gasteiger partial charge in [0, 0.05) is 30.2 Å². The van der Waals surface area contributed by atoms with Gasteiger partial charge in [-0.1, -0.05) is 24.6 Å². The lowest BCUT2D eigenvalue weighted by Gasteiger charge is -2.19. The Kier molecular flexibility index (Phi) is 8.20. The van der Waals surface area contributed by atoms with Gasteiger partial charge in [-0.05, 0) is 49.6 Å². The van der Waals surface area contributed by atoms with Crippen LogP contribution < -0.4 is 11.1 Å². The average Bonchev–Trinajstić information content (AvgIpc) is 3.36. The summed E-state index contributed by atoms with van der Waals surface area (Å²) in [5.74, 6) is 0.237. The van der Waals surface area contributed by atoms with E-state index < -0.39 is 0 Å². The average molecular weight is 434 g/mol. The number of benzene rings is 1. The fourth-order valence-corrected chi connectivity index (χ4v) is 3.72. The second-order valence-electron chi connectivity index (χ2n) is 6.92. The summed E-state index contributed by atoms with van der Waals surface area (Å²) in [6.07, 6.45) is 8.38. The number of aromatic nitrogens is 3. The van der Waals surface area contributed by atoms with E-state index in [9.17, 15) is 4.79 Å². The van der Waals surface area contributed by atoms with Crippen LogP contribution in [0.25, 0.3) is 16.9 Å². The van der Waals surface area contributed by atoms with Crippen molar-refractivity contribution in [2.75, 3.05) is 6.54 Å². The van der Waals surface area contributed by atoms with Crippen LogP contribution in [0.1, 0.15) is 29.6 Å². The first kappa shape index (κ1) is 22.9. The minimum absolute atomic E-state index is 0. The van der Waals surface area contributed by atoms with Crippen LogP contribution >= 0.6 is 24.8 Å². The van der Waals surface area contributed by atoms with Crippen LogP contribution in [0.4, 0.5) is 0 Å². The van der Waals surface area contributed by atoms with Crippen molar-refractivity contribution in [1.29, 1.82) is 0 Å². The lowest BCUT2D eigenvalue weighted by atomic mass is 10.0. The maximum absolute atomic E-state index is 13.1. The minimum Gasteiger partial charge on any atom is -0.349 e. The molecule has 0 aliphatic heterocycles. The van der Waals surface area contributed by atoms with Crippen molar-refractivity contribution in [3.63, 3.8) is 0 Å². The number of nitrogens with zero attached hydrogens (tertiary/aromatic N) is 3. The summed E-state index contributed by atoms with van der Waals surface area (Å²) in [4.78, 5) is 17.2. The van der Waals surface area contributed by atoms with Crippen molar-refractivity contribution in [2.24, 2.45) is 11.7 Å². The number of carbonyl (C=O) groups excluding carboxylic acids is 1. The molecule has 3 N–H and O–H groups in total. The number of nitrogens with one attached hydrogen (secondary N) is 1. The third-order valence-corrected chi connectivity index (χ3v) is 5.19. The highest BCUT2D eigenvalue weighted by atomic mass is 35.5. The van der Waals surface area contributed by atoms with Crippen molar-refractivity contribution in [3.8, 4) is 16.9 Å². The Morgan fingerprint density at radius 1 is 1.14 bits per heavy atom. The molecule has 1 saturated carbocycles. The predicted octanol–water partition coefficient (Wildman–Crippen LogP) is 3.64. The Balaban J connectivity index is 0.00000150. The molecule has 2 unspecified atom stereocenters. The monoisotopic (exact) mass is 433 g/mol. The first-order valence-corrected chi connectivity index (χ1v) is 9.32. The lowest BCUT2D eigenvalue weighted by molar-refractivity contribution is 0.0929. The number of hydrogen-bond acceptors (Lipinski definition) is 4. The second-order valence-corrected chi connectivity index (χ2v) is 6.92. The van der Waals surface area contributed by atoms with Crippen LogP contribution in [0.2, 0.25) is 0 Å². The van der Waals surface area contributed by atoms with Crippen LogP contribution in [0.5, 0.6) is 0 Å². The Morgan fingerprint density at radius 2 is 1.93 bits per heavy atom. The van der Waals surface area contributed by atoms with E-state index in [1.54, 1.807) is 23.3 Å².